The molecular formula is C19H19FN4O. The lowest BCUT2D eigenvalue weighted by Gasteiger charge is -2.17. The van der Waals surface area contributed by atoms with E-state index in [1.807, 2.05) is 17.0 Å². The summed E-state index contributed by atoms with van der Waals surface area (Å²) in [6, 6.07) is 8.98. The van der Waals surface area contributed by atoms with Gasteiger partial charge in [-0.25, -0.2) is 13.9 Å². The van der Waals surface area contributed by atoms with Gasteiger partial charge >= 0.3 is 0 Å². The van der Waals surface area contributed by atoms with E-state index in [0.717, 1.165) is 30.6 Å². The molecule has 128 valence electrons. The summed E-state index contributed by atoms with van der Waals surface area (Å²) in [6.07, 6.45) is 4.92. The molecule has 4 rings (SSSR count). The number of nitrogens with zero attached hydrogens (tertiary/aromatic N) is 4. The molecule has 1 saturated heterocycles. The number of carbonyl (C=O) groups is 1. The summed E-state index contributed by atoms with van der Waals surface area (Å²) in [5.74, 6) is 0.209. The van der Waals surface area contributed by atoms with E-state index in [1.54, 1.807) is 35.8 Å². The lowest BCUT2D eigenvalue weighted by molar-refractivity contribution is 0.0786. The zero-order valence-corrected chi connectivity index (χ0v) is 14.0. The number of carbonyl (C=O) groups excluding carboxylic acids is 1. The Balaban J connectivity index is 1.44. The maximum atomic E-state index is 13.7. The van der Waals surface area contributed by atoms with Crippen molar-refractivity contribution in [1.29, 1.82) is 0 Å². The van der Waals surface area contributed by atoms with E-state index in [4.69, 9.17) is 0 Å². The van der Waals surface area contributed by atoms with Crippen LogP contribution < -0.4 is 0 Å². The van der Waals surface area contributed by atoms with Crippen LogP contribution in [0.2, 0.25) is 0 Å². The Morgan fingerprint density at radius 3 is 3.04 bits per heavy atom. The van der Waals surface area contributed by atoms with E-state index in [0.29, 0.717) is 23.6 Å². The number of aromatic nitrogens is 3. The molecule has 0 radical (unpaired) electrons. The van der Waals surface area contributed by atoms with Crippen molar-refractivity contribution in [3.05, 3.63) is 65.4 Å². The van der Waals surface area contributed by atoms with E-state index in [9.17, 15) is 9.18 Å². The third-order valence-electron chi connectivity index (χ3n) is 4.85. The molecule has 5 nitrogen and oxygen atoms in total. The Morgan fingerprint density at radius 2 is 2.20 bits per heavy atom. The molecule has 1 aromatic carbocycles. The van der Waals surface area contributed by atoms with Crippen LogP contribution in [0.4, 0.5) is 4.39 Å². The van der Waals surface area contributed by atoms with Gasteiger partial charge in [-0.3, -0.25) is 4.79 Å². The molecule has 0 saturated carbocycles. The predicted octanol–water partition coefficient (Wildman–Crippen LogP) is 2.88. The lowest BCUT2D eigenvalue weighted by Crippen LogP contribution is -2.29. The summed E-state index contributed by atoms with van der Waals surface area (Å²) in [6.45, 7) is 3.19. The number of amides is 1. The van der Waals surface area contributed by atoms with E-state index in [2.05, 4.69) is 10.1 Å². The van der Waals surface area contributed by atoms with E-state index in [-0.39, 0.29) is 11.7 Å². The number of pyridine rings is 1. The molecule has 1 amide bonds. The summed E-state index contributed by atoms with van der Waals surface area (Å²) >= 11 is 0. The van der Waals surface area contributed by atoms with Crippen LogP contribution in [0.1, 0.15) is 27.9 Å². The van der Waals surface area contributed by atoms with Gasteiger partial charge in [0.2, 0.25) is 0 Å². The minimum absolute atomic E-state index is 0.00925. The molecule has 1 unspecified atom stereocenters. The van der Waals surface area contributed by atoms with Crippen LogP contribution in [0.5, 0.6) is 0 Å². The van der Waals surface area contributed by atoms with Crippen molar-refractivity contribution in [3.63, 3.8) is 0 Å². The van der Waals surface area contributed by atoms with Crippen LogP contribution >= 0.6 is 0 Å². The molecule has 1 fully saturated rings. The number of likely N-dealkylation sites (tertiary alicyclic amines) is 1. The molecule has 0 aliphatic carbocycles. The number of hydrogen-bond donors (Lipinski definition) is 0. The summed E-state index contributed by atoms with van der Waals surface area (Å²) in [5.41, 5.74) is 2.99. The van der Waals surface area contributed by atoms with Gasteiger partial charge < -0.3 is 4.90 Å². The maximum absolute atomic E-state index is 13.7. The van der Waals surface area contributed by atoms with Crippen molar-refractivity contribution < 1.29 is 9.18 Å². The van der Waals surface area contributed by atoms with Gasteiger partial charge in [0.05, 0.1) is 5.56 Å². The van der Waals surface area contributed by atoms with Gasteiger partial charge in [-0.05, 0) is 55.0 Å². The average Bonchev–Trinajstić information content (AvgIpc) is 3.26. The first-order chi connectivity index (χ1) is 12.1. The zero-order valence-electron chi connectivity index (χ0n) is 14.0. The molecule has 1 aliphatic heterocycles. The fourth-order valence-corrected chi connectivity index (χ4v) is 3.41. The van der Waals surface area contributed by atoms with Gasteiger partial charge in [0.25, 0.3) is 5.91 Å². The van der Waals surface area contributed by atoms with Gasteiger partial charge in [0, 0.05) is 19.3 Å². The Morgan fingerprint density at radius 1 is 1.32 bits per heavy atom. The highest BCUT2D eigenvalue weighted by Crippen LogP contribution is 2.23. The summed E-state index contributed by atoms with van der Waals surface area (Å²) in [5, 5.41) is 4.07. The number of benzene rings is 1. The normalized spacial score (nSPS) is 17.4. The molecule has 0 bridgehead atoms. The van der Waals surface area contributed by atoms with Gasteiger partial charge in [0.1, 0.15) is 12.1 Å². The third kappa shape index (κ3) is 3.12. The highest BCUT2D eigenvalue weighted by atomic mass is 19.1. The topological polar surface area (TPSA) is 50.5 Å². The second kappa shape index (κ2) is 6.27. The average molecular weight is 338 g/mol. The molecule has 6 heteroatoms. The van der Waals surface area contributed by atoms with Gasteiger partial charge in [0.15, 0.2) is 5.65 Å². The highest BCUT2D eigenvalue weighted by molar-refractivity contribution is 5.94. The van der Waals surface area contributed by atoms with Gasteiger partial charge in [-0.1, -0.05) is 12.1 Å². The van der Waals surface area contributed by atoms with Crippen molar-refractivity contribution in [2.45, 2.75) is 19.8 Å². The molecular weight excluding hydrogens is 319 g/mol. The Kier molecular flexibility index (Phi) is 3.95. The molecule has 3 aromatic rings. The number of halogens is 1. The quantitative estimate of drug-likeness (QED) is 0.738. The molecule has 2 aromatic heterocycles. The number of fused-ring (bicyclic) bond motifs is 1. The second-order valence-corrected chi connectivity index (χ2v) is 6.67. The number of aryl methyl sites for hydroxylation is 1. The Bertz CT molecular complexity index is 936. The minimum atomic E-state index is -0.162. The fraction of sp³-hybridized carbons (Fsp3) is 0.316. The van der Waals surface area contributed by atoms with Crippen molar-refractivity contribution in [3.8, 4) is 0 Å². The first kappa shape index (κ1) is 15.7. The lowest BCUT2D eigenvalue weighted by atomic mass is 9.98. The molecule has 3 heterocycles. The first-order valence-electron chi connectivity index (χ1n) is 8.44. The molecule has 0 spiro atoms. The van der Waals surface area contributed by atoms with Gasteiger partial charge in [-0.2, -0.15) is 5.10 Å². The standard InChI is InChI=1S/C19H19FN4O/c1-13-2-3-14(9-17(13)20)8-15-6-7-23(10-15)19(25)16-4-5-18-21-12-22-24(18)11-16/h2-5,9,11-12,15H,6-8,10H2,1H3. The second-order valence-electron chi connectivity index (χ2n) is 6.67. The van der Waals surface area contributed by atoms with Crippen molar-refractivity contribution in [1.82, 2.24) is 19.5 Å². The van der Waals surface area contributed by atoms with Crippen LogP contribution in [0.25, 0.3) is 5.65 Å². The molecule has 0 N–H and O–H groups in total. The summed E-state index contributed by atoms with van der Waals surface area (Å²) < 4.78 is 15.3. The van der Waals surface area contributed by atoms with E-state index < -0.39 is 0 Å². The van der Waals surface area contributed by atoms with Crippen molar-refractivity contribution >= 4 is 11.6 Å². The monoisotopic (exact) mass is 338 g/mol. The van der Waals surface area contributed by atoms with Crippen molar-refractivity contribution in [2.24, 2.45) is 5.92 Å². The van der Waals surface area contributed by atoms with Gasteiger partial charge in [-0.15, -0.1) is 0 Å². The van der Waals surface area contributed by atoms with Crippen LogP contribution in [-0.4, -0.2) is 38.5 Å². The van der Waals surface area contributed by atoms with E-state index in [1.165, 1.54) is 6.33 Å². The molecule has 1 aliphatic rings. The minimum Gasteiger partial charge on any atom is -0.338 e. The number of rotatable bonds is 3. The van der Waals surface area contributed by atoms with Crippen LogP contribution in [0.3, 0.4) is 0 Å². The van der Waals surface area contributed by atoms with Crippen LogP contribution in [0.15, 0.2) is 42.9 Å². The van der Waals surface area contributed by atoms with Crippen LogP contribution in [0, 0.1) is 18.7 Å². The largest absolute Gasteiger partial charge is 0.338 e. The Hall–Kier alpha value is -2.76. The van der Waals surface area contributed by atoms with E-state index >= 15 is 0 Å². The first-order valence-corrected chi connectivity index (χ1v) is 8.44. The van der Waals surface area contributed by atoms with Crippen LogP contribution in [-0.2, 0) is 6.42 Å². The summed E-state index contributed by atoms with van der Waals surface area (Å²) in [4.78, 5) is 18.7. The SMILES string of the molecule is Cc1ccc(CC2CCN(C(=O)c3ccc4ncnn4c3)C2)cc1F. The predicted molar refractivity (Wildman–Crippen MR) is 91.8 cm³/mol. The molecule has 1 atom stereocenters. The smallest absolute Gasteiger partial charge is 0.255 e. The van der Waals surface area contributed by atoms with Crippen molar-refractivity contribution in [2.75, 3.05) is 13.1 Å². The summed E-state index contributed by atoms with van der Waals surface area (Å²) in [7, 11) is 0. The maximum Gasteiger partial charge on any atom is 0.255 e. The fourth-order valence-electron chi connectivity index (χ4n) is 3.41. The zero-order chi connectivity index (χ0) is 17.4. The number of hydrogen-bond acceptors (Lipinski definition) is 3. The highest BCUT2D eigenvalue weighted by Gasteiger charge is 2.27. The third-order valence-corrected chi connectivity index (χ3v) is 4.85. The Labute approximate surface area is 145 Å². The molecule has 25 heavy (non-hydrogen) atoms.